The van der Waals surface area contributed by atoms with Gasteiger partial charge in [0.2, 0.25) is 0 Å². The lowest BCUT2D eigenvalue weighted by atomic mass is 10.2. The van der Waals surface area contributed by atoms with Crippen molar-refractivity contribution in [2.45, 2.75) is 6.92 Å². The molecule has 0 heterocycles. The van der Waals surface area contributed by atoms with Crippen LogP contribution in [0.3, 0.4) is 0 Å². The van der Waals surface area contributed by atoms with Crippen LogP contribution in [-0.2, 0) is 13.3 Å². The number of aryl methyl sites for hydroxylation is 1. The zero-order valence-electron chi connectivity index (χ0n) is 9.03. The van der Waals surface area contributed by atoms with E-state index in [0.717, 1.165) is 5.19 Å². The summed E-state index contributed by atoms with van der Waals surface area (Å²) in [6, 6.07) is 8.01. The Morgan fingerprint density at radius 2 is 1.29 bits per heavy atom. The van der Waals surface area contributed by atoms with E-state index in [2.05, 4.69) is 0 Å². The van der Waals surface area contributed by atoms with Gasteiger partial charge in [0.05, 0.1) is 0 Å². The van der Waals surface area contributed by atoms with Crippen molar-refractivity contribution in [1.29, 1.82) is 0 Å². The first-order valence-corrected chi connectivity index (χ1v) is 6.13. The Bertz CT molecular complexity index is 272. The van der Waals surface area contributed by atoms with Gasteiger partial charge in [0.15, 0.2) is 0 Å². The highest BCUT2D eigenvalue weighted by atomic mass is 28.4. The molecule has 0 unspecified atom stereocenters. The summed E-state index contributed by atoms with van der Waals surface area (Å²) >= 11 is 0. The molecule has 0 radical (unpaired) electrons. The summed E-state index contributed by atoms with van der Waals surface area (Å²) in [5.74, 6) is 0. The molecule has 0 saturated heterocycles. The van der Waals surface area contributed by atoms with Crippen molar-refractivity contribution in [2.24, 2.45) is 0 Å². The third-order valence-electron chi connectivity index (χ3n) is 2.21. The van der Waals surface area contributed by atoms with Crippen LogP contribution in [0.4, 0.5) is 0 Å². The van der Waals surface area contributed by atoms with Gasteiger partial charge in [-0.1, -0.05) is 29.8 Å². The third kappa shape index (κ3) is 2.04. The predicted molar refractivity (Wildman–Crippen MR) is 57.6 cm³/mol. The molecule has 0 aliphatic heterocycles. The Balaban J connectivity index is 3.05. The number of hydrogen-bond acceptors (Lipinski definition) is 3. The van der Waals surface area contributed by atoms with E-state index < -0.39 is 8.80 Å². The molecule has 0 aliphatic carbocycles. The van der Waals surface area contributed by atoms with Crippen molar-refractivity contribution in [3.8, 4) is 0 Å². The number of benzene rings is 1. The van der Waals surface area contributed by atoms with Crippen LogP contribution in [0.2, 0.25) is 0 Å². The van der Waals surface area contributed by atoms with E-state index in [1.807, 2.05) is 31.2 Å². The molecule has 78 valence electrons. The summed E-state index contributed by atoms with van der Waals surface area (Å²) < 4.78 is 16.1. The van der Waals surface area contributed by atoms with Gasteiger partial charge < -0.3 is 13.3 Å². The fourth-order valence-electron chi connectivity index (χ4n) is 1.36. The average molecular weight is 212 g/mol. The van der Waals surface area contributed by atoms with Crippen LogP contribution < -0.4 is 5.19 Å². The summed E-state index contributed by atoms with van der Waals surface area (Å²) in [6.07, 6.45) is 0. The lowest BCUT2D eigenvalue weighted by molar-refractivity contribution is 0.140. The molecule has 0 aliphatic rings. The third-order valence-corrected chi connectivity index (χ3v) is 4.86. The lowest BCUT2D eigenvalue weighted by Crippen LogP contribution is -2.54. The highest BCUT2D eigenvalue weighted by Gasteiger charge is 2.40. The smallest absolute Gasteiger partial charge is 0.373 e. The monoisotopic (exact) mass is 212 g/mol. The van der Waals surface area contributed by atoms with E-state index in [1.165, 1.54) is 5.56 Å². The van der Waals surface area contributed by atoms with E-state index in [-0.39, 0.29) is 0 Å². The van der Waals surface area contributed by atoms with Crippen molar-refractivity contribution in [3.05, 3.63) is 29.8 Å². The lowest BCUT2D eigenvalue weighted by Gasteiger charge is -2.24. The Kier molecular flexibility index (Phi) is 3.83. The molecule has 1 rings (SSSR count). The zero-order chi connectivity index (χ0) is 10.6. The van der Waals surface area contributed by atoms with Crippen LogP contribution in [-0.4, -0.2) is 30.1 Å². The van der Waals surface area contributed by atoms with E-state index in [1.54, 1.807) is 21.3 Å². The minimum atomic E-state index is -2.62. The van der Waals surface area contributed by atoms with Gasteiger partial charge in [-0.15, -0.1) is 0 Å². The van der Waals surface area contributed by atoms with Crippen molar-refractivity contribution in [2.75, 3.05) is 21.3 Å². The zero-order valence-corrected chi connectivity index (χ0v) is 10.0. The maximum Gasteiger partial charge on any atom is 0.536 e. The maximum atomic E-state index is 5.36. The molecule has 3 nitrogen and oxygen atoms in total. The SMILES string of the molecule is CO[Si](OC)(OC)c1ccc(C)cc1. The van der Waals surface area contributed by atoms with Crippen LogP contribution in [0, 0.1) is 6.92 Å². The molecule has 0 spiro atoms. The molecule has 0 amide bonds. The van der Waals surface area contributed by atoms with Crippen LogP contribution in [0.25, 0.3) is 0 Å². The van der Waals surface area contributed by atoms with Crippen molar-refractivity contribution >= 4 is 14.0 Å². The molecule has 1 aromatic rings. The maximum absolute atomic E-state index is 5.36. The van der Waals surface area contributed by atoms with Gasteiger partial charge in [0.25, 0.3) is 0 Å². The highest BCUT2D eigenvalue weighted by Crippen LogP contribution is 2.07. The standard InChI is InChI=1S/C10H16O3Si/c1-9-5-7-10(8-6-9)14(11-2,12-3)13-4/h5-8H,1-4H3. The van der Waals surface area contributed by atoms with E-state index >= 15 is 0 Å². The Hall–Kier alpha value is -0.683. The Morgan fingerprint density at radius 3 is 1.64 bits per heavy atom. The minimum absolute atomic E-state index is 0.982. The Morgan fingerprint density at radius 1 is 0.857 bits per heavy atom. The molecule has 0 atom stereocenters. The molecule has 0 saturated carbocycles. The van der Waals surface area contributed by atoms with E-state index in [4.69, 9.17) is 13.3 Å². The second-order valence-corrected chi connectivity index (χ2v) is 5.95. The molecule has 1 aromatic carbocycles. The van der Waals surface area contributed by atoms with Crippen molar-refractivity contribution in [1.82, 2.24) is 0 Å². The minimum Gasteiger partial charge on any atom is -0.373 e. The molecule has 4 heteroatoms. The van der Waals surface area contributed by atoms with Gasteiger partial charge in [-0.3, -0.25) is 0 Å². The average Bonchev–Trinajstić information content (AvgIpc) is 2.24. The first-order chi connectivity index (χ1) is 6.68. The second kappa shape index (κ2) is 4.70. The van der Waals surface area contributed by atoms with Crippen LogP contribution in [0.1, 0.15) is 5.56 Å². The highest BCUT2D eigenvalue weighted by molar-refractivity contribution is 6.75. The molecule has 0 bridgehead atoms. The molecule has 14 heavy (non-hydrogen) atoms. The van der Waals surface area contributed by atoms with Crippen LogP contribution >= 0.6 is 0 Å². The fraction of sp³-hybridized carbons (Fsp3) is 0.400. The first-order valence-electron chi connectivity index (χ1n) is 4.41. The number of rotatable bonds is 4. The topological polar surface area (TPSA) is 27.7 Å². The van der Waals surface area contributed by atoms with Gasteiger partial charge in [0, 0.05) is 26.5 Å². The van der Waals surface area contributed by atoms with E-state index in [0.29, 0.717) is 0 Å². The largest absolute Gasteiger partial charge is 0.536 e. The predicted octanol–water partition coefficient (Wildman–Crippen LogP) is 1.08. The normalized spacial score (nSPS) is 11.7. The summed E-state index contributed by atoms with van der Waals surface area (Å²) in [5.41, 5.74) is 1.21. The number of hydrogen-bond donors (Lipinski definition) is 0. The summed E-state index contributed by atoms with van der Waals surface area (Å²) in [4.78, 5) is 0. The summed E-state index contributed by atoms with van der Waals surface area (Å²) in [6.45, 7) is 2.04. The summed E-state index contributed by atoms with van der Waals surface area (Å²) in [7, 11) is 2.21. The quantitative estimate of drug-likeness (QED) is 0.699. The van der Waals surface area contributed by atoms with Gasteiger partial charge in [-0.05, 0) is 6.92 Å². The summed E-state index contributed by atoms with van der Waals surface area (Å²) in [5, 5.41) is 0.982. The molecular weight excluding hydrogens is 196 g/mol. The van der Waals surface area contributed by atoms with Crippen LogP contribution in [0.5, 0.6) is 0 Å². The van der Waals surface area contributed by atoms with Crippen molar-refractivity contribution in [3.63, 3.8) is 0 Å². The second-order valence-electron chi connectivity index (χ2n) is 3.03. The van der Waals surface area contributed by atoms with Gasteiger partial charge >= 0.3 is 8.80 Å². The fourth-order valence-corrected chi connectivity index (χ4v) is 3.14. The van der Waals surface area contributed by atoms with Crippen LogP contribution in [0.15, 0.2) is 24.3 Å². The van der Waals surface area contributed by atoms with Crippen molar-refractivity contribution < 1.29 is 13.3 Å². The molecule has 0 fully saturated rings. The molecular formula is C10H16O3Si. The van der Waals surface area contributed by atoms with Gasteiger partial charge in [0.1, 0.15) is 0 Å². The molecule has 0 aromatic heterocycles. The van der Waals surface area contributed by atoms with Gasteiger partial charge in [-0.2, -0.15) is 0 Å². The van der Waals surface area contributed by atoms with E-state index in [9.17, 15) is 0 Å². The first kappa shape index (κ1) is 11.4. The Labute approximate surface area is 86.0 Å². The van der Waals surface area contributed by atoms with Gasteiger partial charge in [-0.25, -0.2) is 0 Å². The molecule has 0 N–H and O–H groups in total.